The normalized spacial score (nSPS) is 9.17. The highest BCUT2D eigenvalue weighted by Crippen LogP contribution is 2.22. The molecule has 1 aromatic rings. The summed E-state index contributed by atoms with van der Waals surface area (Å²) in [7, 11) is 0. The molecule has 0 saturated carbocycles. The van der Waals surface area contributed by atoms with Gasteiger partial charge in [-0.25, -0.2) is 4.79 Å². The Morgan fingerprint density at radius 2 is 2.08 bits per heavy atom. The Balaban J connectivity index is 2.89. The molecule has 0 atom stereocenters. The van der Waals surface area contributed by atoms with Crippen LogP contribution >= 0.6 is 23.2 Å². The topological polar surface area (TPSA) is 17.1 Å². The first-order valence-corrected chi connectivity index (χ1v) is 4.13. The van der Waals surface area contributed by atoms with E-state index < -0.39 is 0 Å². The highest BCUT2D eigenvalue weighted by molar-refractivity contribution is 6.42. The second-order valence-corrected chi connectivity index (χ2v) is 3.09. The lowest BCUT2D eigenvalue weighted by molar-refractivity contribution is 0.568. The van der Waals surface area contributed by atoms with Crippen LogP contribution in [0.1, 0.15) is 5.56 Å². The van der Waals surface area contributed by atoms with Crippen LogP contribution in [-0.4, -0.2) is 5.94 Å². The predicted octanol–water partition coefficient (Wildman–Crippen LogP) is 2.92. The van der Waals surface area contributed by atoms with Crippen molar-refractivity contribution < 1.29 is 4.79 Å². The van der Waals surface area contributed by atoms with Crippen molar-refractivity contribution >= 4 is 29.1 Å². The van der Waals surface area contributed by atoms with Gasteiger partial charge in [0.05, 0.1) is 10.0 Å². The van der Waals surface area contributed by atoms with E-state index in [0.29, 0.717) is 16.5 Å². The summed E-state index contributed by atoms with van der Waals surface area (Å²) in [5.41, 5.74) is 0.952. The van der Waals surface area contributed by atoms with Gasteiger partial charge in [-0.3, -0.25) is 0 Å². The van der Waals surface area contributed by atoms with Crippen molar-refractivity contribution in [2.24, 2.45) is 0 Å². The molecule has 62 valence electrons. The van der Waals surface area contributed by atoms with E-state index in [4.69, 9.17) is 23.2 Å². The van der Waals surface area contributed by atoms with Crippen molar-refractivity contribution in [3.63, 3.8) is 0 Å². The zero-order valence-electron chi connectivity index (χ0n) is 6.18. The van der Waals surface area contributed by atoms with Crippen molar-refractivity contribution in [3.05, 3.63) is 39.9 Å². The van der Waals surface area contributed by atoms with Gasteiger partial charge in [0.15, 0.2) is 0 Å². The monoisotopic (exact) mass is 200 g/mol. The lowest BCUT2D eigenvalue weighted by Crippen LogP contribution is -1.80. The van der Waals surface area contributed by atoms with E-state index in [1.807, 2.05) is 6.07 Å². The Labute approximate surface area is 80.6 Å². The number of halogens is 2. The van der Waals surface area contributed by atoms with Crippen molar-refractivity contribution in [1.82, 2.24) is 0 Å². The maximum absolute atomic E-state index is 9.89. The second kappa shape index (κ2) is 4.32. The van der Waals surface area contributed by atoms with Crippen LogP contribution in [0.25, 0.3) is 0 Å². The van der Waals surface area contributed by atoms with Crippen molar-refractivity contribution in [2.75, 3.05) is 0 Å². The molecule has 0 fully saturated rings. The van der Waals surface area contributed by atoms with Crippen LogP contribution < -0.4 is 0 Å². The third kappa shape index (κ3) is 2.38. The van der Waals surface area contributed by atoms with Gasteiger partial charge in [0.2, 0.25) is 0 Å². The molecule has 0 radical (unpaired) electrons. The summed E-state index contributed by atoms with van der Waals surface area (Å²) in [4.78, 5) is 9.89. The number of carbonyl (C=O) groups excluding carboxylic acids is 1. The number of hydrogen-bond donors (Lipinski definition) is 0. The van der Waals surface area contributed by atoms with Gasteiger partial charge in [-0.2, -0.15) is 0 Å². The molecular formula is C9H6Cl2O. The Hall–Kier alpha value is -0.750. The van der Waals surface area contributed by atoms with Crippen molar-refractivity contribution in [3.8, 4) is 0 Å². The molecule has 0 aromatic heterocycles. The molecule has 0 unspecified atom stereocenters. The highest BCUT2D eigenvalue weighted by Gasteiger charge is 1.97. The molecule has 0 N–H and O–H groups in total. The van der Waals surface area contributed by atoms with Crippen LogP contribution in [0.15, 0.2) is 24.3 Å². The lowest BCUT2D eigenvalue weighted by Gasteiger charge is -1.97. The largest absolute Gasteiger partial charge is 0.234 e. The summed E-state index contributed by atoms with van der Waals surface area (Å²) in [5.74, 6) is 1.70. The standard InChI is InChI=1S/C9H6Cl2O/c10-8-4-3-7(2-1-5-12)6-9(8)11/h1,3-4,6H,2H2. The van der Waals surface area contributed by atoms with Gasteiger partial charge in [0.25, 0.3) is 0 Å². The molecular weight excluding hydrogens is 195 g/mol. The first kappa shape index (κ1) is 9.34. The van der Waals surface area contributed by atoms with Crippen LogP contribution in [0.3, 0.4) is 0 Å². The van der Waals surface area contributed by atoms with Gasteiger partial charge >= 0.3 is 0 Å². The van der Waals surface area contributed by atoms with E-state index in [2.05, 4.69) is 0 Å². The van der Waals surface area contributed by atoms with Gasteiger partial charge in [0.1, 0.15) is 5.94 Å². The average molecular weight is 201 g/mol. The van der Waals surface area contributed by atoms with Gasteiger partial charge < -0.3 is 0 Å². The van der Waals surface area contributed by atoms with Crippen molar-refractivity contribution in [1.29, 1.82) is 0 Å². The fraction of sp³-hybridized carbons (Fsp3) is 0.111. The molecule has 3 heteroatoms. The summed E-state index contributed by atoms with van der Waals surface area (Å²) in [5, 5.41) is 1.03. The summed E-state index contributed by atoms with van der Waals surface area (Å²) in [6.45, 7) is 0. The molecule has 12 heavy (non-hydrogen) atoms. The number of rotatable bonds is 2. The van der Waals surface area contributed by atoms with Crippen LogP contribution in [0.4, 0.5) is 0 Å². The molecule has 0 amide bonds. The molecule has 0 aliphatic heterocycles. The Morgan fingerprint density at radius 1 is 1.33 bits per heavy atom. The van der Waals surface area contributed by atoms with E-state index in [9.17, 15) is 4.79 Å². The maximum Gasteiger partial charge on any atom is 0.120 e. The lowest BCUT2D eigenvalue weighted by atomic mass is 10.1. The molecule has 0 saturated heterocycles. The van der Waals surface area contributed by atoms with Crippen LogP contribution in [0, 0.1) is 0 Å². The molecule has 0 heterocycles. The highest BCUT2D eigenvalue weighted by atomic mass is 35.5. The van der Waals surface area contributed by atoms with Crippen LogP contribution in [-0.2, 0) is 11.2 Å². The predicted molar refractivity (Wildman–Crippen MR) is 50.4 cm³/mol. The minimum Gasteiger partial charge on any atom is -0.234 e. The van der Waals surface area contributed by atoms with E-state index in [-0.39, 0.29) is 0 Å². The number of benzene rings is 1. The van der Waals surface area contributed by atoms with E-state index >= 15 is 0 Å². The van der Waals surface area contributed by atoms with Gasteiger partial charge in [-0.05, 0) is 17.7 Å². The number of allylic oxidation sites excluding steroid dienone is 1. The minimum absolute atomic E-state index is 0.508. The molecule has 0 bridgehead atoms. The average Bonchev–Trinajstić information content (AvgIpc) is 2.07. The van der Waals surface area contributed by atoms with Gasteiger partial charge in [0, 0.05) is 12.5 Å². The molecule has 1 rings (SSSR count). The summed E-state index contributed by atoms with van der Waals surface area (Å²) < 4.78 is 0. The van der Waals surface area contributed by atoms with Crippen molar-refractivity contribution in [2.45, 2.75) is 6.42 Å². The Morgan fingerprint density at radius 3 is 2.67 bits per heavy atom. The fourth-order valence-corrected chi connectivity index (χ4v) is 1.15. The first-order valence-electron chi connectivity index (χ1n) is 3.37. The third-order valence-corrected chi connectivity index (χ3v) is 2.14. The molecule has 0 aliphatic carbocycles. The molecule has 0 aliphatic rings. The molecule has 0 spiro atoms. The quantitative estimate of drug-likeness (QED) is 0.672. The zero-order valence-corrected chi connectivity index (χ0v) is 7.69. The van der Waals surface area contributed by atoms with Crippen LogP contribution in [0.2, 0.25) is 10.0 Å². The summed E-state index contributed by atoms with van der Waals surface area (Å²) in [6, 6.07) is 5.26. The smallest absolute Gasteiger partial charge is 0.120 e. The first-order chi connectivity index (χ1) is 5.74. The van der Waals surface area contributed by atoms with E-state index in [1.165, 1.54) is 6.08 Å². The summed E-state index contributed by atoms with van der Waals surface area (Å²) >= 11 is 11.4. The van der Waals surface area contributed by atoms with Gasteiger partial charge in [-0.15, -0.1) is 0 Å². The van der Waals surface area contributed by atoms with Crippen LogP contribution in [0.5, 0.6) is 0 Å². The number of hydrogen-bond acceptors (Lipinski definition) is 1. The Kier molecular flexibility index (Phi) is 3.36. The summed E-state index contributed by atoms with van der Waals surface area (Å²) in [6.07, 6.45) is 1.94. The second-order valence-electron chi connectivity index (χ2n) is 2.27. The zero-order chi connectivity index (χ0) is 8.97. The SMILES string of the molecule is O=C=CCc1ccc(Cl)c(Cl)c1. The molecule has 1 aromatic carbocycles. The molecule has 1 nitrogen and oxygen atoms in total. The van der Waals surface area contributed by atoms with E-state index in [1.54, 1.807) is 18.1 Å². The maximum atomic E-state index is 9.89. The minimum atomic E-state index is 0.508. The Bertz CT molecular complexity index is 327. The van der Waals surface area contributed by atoms with E-state index in [0.717, 1.165) is 5.56 Å². The third-order valence-electron chi connectivity index (χ3n) is 1.41. The van der Waals surface area contributed by atoms with Gasteiger partial charge in [-0.1, -0.05) is 29.3 Å². The fourth-order valence-electron chi connectivity index (χ4n) is 0.826.